The summed E-state index contributed by atoms with van der Waals surface area (Å²) in [5.74, 6) is 0. The summed E-state index contributed by atoms with van der Waals surface area (Å²) in [5, 5.41) is 7.86. The summed E-state index contributed by atoms with van der Waals surface area (Å²) in [4.78, 5) is 14.4. The van der Waals surface area contributed by atoms with Crippen LogP contribution in [0.1, 0.15) is 49.7 Å². The first kappa shape index (κ1) is 17.2. The Bertz CT molecular complexity index is 585. The lowest BCUT2D eigenvalue weighted by atomic mass is 10.0. The zero-order valence-corrected chi connectivity index (χ0v) is 14.9. The van der Waals surface area contributed by atoms with Crippen molar-refractivity contribution in [3.8, 4) is 0 Å². The monoisotopic (exact) mass is 336 g/mol. The maximum Gasteiger partial charge on any atom is 0.318 e. The van der Waals surface area contributed by atoms with E-state index in [4.69, 9.17) is 14.6 Å². The molecule has 0 saturated carbocycles. The molecule has 1 aromatic heterocycles. The smallest absolute Gasteiger partial charge is 0.318 e. The summed E-state index contributed by atoms with van der Waals surface area (Å²) in [6, 6.07) is 0.183. The summed E-state index contributed by atoms with van der Waals surface area (Å²) in [6.45, 7) is 7.45. The molecule has 2 amide bonds. The molecule has 0 aliphatic carbocycles. The number of hydrogen-bond donors (Lipinski definition) is 1. The van der Waals surface area contributed by atoms with Crippen LogP contribution in [-0.2, 0) is 29.0 Å². The van der Waals surface area contributed by atoms with Crippen molar-refractivity contribution in [3.05, 3.63) is 17.0 Å². The molecule has 3 heterocycles. The molecule has 1 unspecified atom stereocenters. The van der Waals surface area contributed by atoms with E-state index in [2.05, 4.69) is 5.32 Å². The van der Waals surface area contributed by atoms with Gasteiger partial charge in [-0.05, 0) is 26.7 Å². The van der Waals surface area contributed by atoms with Crippen LogP contribution in [0.4, 0.5) is 4.79 Å². The van der Waals surface area contributed by atoms with E-state index < -0.39 is 0 Å². The van der Waals surface area contributed by atoms with Crippen LogP contribution in [0.25, 0.3) is 0 Å². The number of likely N-dealkylation sites (tertiary alicyclic amines) is 1. The number of nitrogens with zero attached hydrogens (tertiary/aromatic N) is 3. The van der Waals surface area contributed by atoms with Gasteiger partial charge in [0, 0.05) is 37.4 Å². The number of carbonyl (C=O) groups excluding carboxylic acids is 1. The molecular formula is C17H28N4O3. The first-order valence-electron chi connectivity index (χ1n) is 8.84. The van der Waals surface area contributed by atoms with Crippen LogP contribution in [0, 0.1) is 0 Å². The highest BCUT2D eigenvalue weighted by Crippen LogP contribution is 2.35. The van der Waals surface area contributed by atoms with Gasteiger partial charge >= 0.3 is 6.03 Å². The molecule has 7 nitrogen and oxygen atoms in total. The zero-order valence-electron chi connectivity index (χ0n) is 14.9. The van der Waals surface area contributed by atoms with Gasteiger partial charge in [-0.3, -0.25) is 4.68 Å². The average molecular weight is 336 g/mol. The van der Waals surface area contributed by atoms with Crippen LogP contribution in [0.5, 0.6) is 0 Å². The van der Waals surface area contributed by atoms with Gasteiger partial charge in [0.2, 0.25) is 0 Å². The number of methoxy groups -OCH3 is 1. The minimum Gasteiger partial charge on any atom is -0.383 e. The van der Waals surface area contributed by atoms with Gasteiger partial charge < -0.3 is 19.7 Å². The van der Waals surface area contributed by atoms with Gasteiger partial charge in [0.1, 0.15) is 0 Å². The van der Waals surface area contributed by atoms with E-state index >= 15 is 0 Å². The number of urea groups is 1. The molecule has 24 heavy (non-hydrogen) atoms. The van der Waals surface area contributed by atoms with Crippen molar-refractivity contribution >= 4 is 6.03 Å². The number of amides is 2. The Morgan fingerprint density at radius 1 is 1.50 bits per heavy atom. The van der Waals surface area contributed by atoms with Crippen molar-refractivity contribution in [1.82, 2.24) is 20.0 Å². The summed E-state index contributed by atoms with van der Waals surface area (Å²) in [6.07, 6.45) is 2.84. The fraction of sp³-hybridized carbons (Fsp3) is 0.765. The van der Waals surface area contributed by atoms with Crippen LogP contribution in [0.15, 0.2) is 0 Å². The number of hydrogen-bond acceptors (Lipinski definition) is 4. The largest absolute Gasteiger partial charge is 0.383 e. The highest BCUT2D eigenvalue weighted by molar-refractivity contribution is 5.75. The van der Waals surface area contributed by atoms with Crippen LogP contribution >= 0.6 is 0 Å². The Morgan fingerprint density at radius 3 is 3.08 bits per heavy atom. The minimum atomic E-state index is 0.00409. The number of carbonyl (C=O) groups is 1. The van der Waals surface area contributed by atoms with Crippen LogP contribution in [-0.4, -0.2) is 53.6 Å². The lowest BCUT2D eigenvalue weighted by Crippen LogP contribution is -2.42. The zero-order chi connectivity index (χ0) is 17.1. The maximum absolute atomic E-state index is 12.5. The highest BCUT2D eigenvalue weighted by Gasteiger charge is 2.35. The van der Waals surface area contributed by atoms with Crippen molar-refractivity contribution in [2.24, 2.45) is 0 Å². The molecular weight excluding hydrogens is 308 g/mol. The molecule has 3 rings (SSSR count). The van der Waals surface area contributed by atoms with Crippen molar-refractivity contribution in [2.45, 2.75) is 58.3 Å². The molecule has 1 aromatic rings. The summed E-state index contributed by atoms with van der Waals surface area (Å²) in [5.41, 5.74) is 3.42. The lowest BCUT2D eigenvalue weighted by molar-refractivity contribution is 0.106. The second-order valence-electron chi connectivity index (χ2n) is 6.78. The third kappa shape index (κ3) is 3.42. The fourth-order valence-corrected chi connectivity index (χ4v) is 3.59. The van der Waals surface area contributed by atoms with Gasteiger partial charge in [0.25, 0.3) is 0 Å². The Kier molecular flexibility index (Phi) is 5.40. The first-order chi connectivity index (χ1) is 11.6. The van der Waals surface area contributed by atoms with Gasteiger partial charge in [0.05, 0.1) is 38.1 Å². The van der Waals surface area contributed by atoms with E-state index in [0.717, 1.165) is 44.7 Å². The quantitative estimate of drug-likeness (QED) is 0.891. The molecule has 1 atom stereocenters. The van der Waals surface area contributed by atoms with Crippen LogP contribution < -0.4 is 5.32 Å². The van der Waals surface area contributed by atoms with E-state index in [1.54, 1.807) is 7.11 Å². The standard InChI is InChI=1S/C17H28N4O3/c1-12(2)18-17(22)20-7-4-5-15(20)16-13-11-24-9-6-14(13)21(19-16)8-10-23-3/h12,15H,4-11H2,1-3H3,(H,18,22). The number of fused-ring (bicyclic) bond motifs is 1. The topological polar surface area (TPSA) is 68.6 Å². The molecule has 1 fully saturated rings. The molecule has 134 valence electrons. The van der Waals surface area contributed by atoms with E-state index in [0.29, 0.717) is 13.2 Å². The summed E-state index contributed by atoms with van der Waals surface area (Å²) >= 11 is 0. The summed E-state index contributed by atoms with van der Waals surface area (Å²) in [7, 11) is 1.70. The SMILES string of the molecule is COCCn1nc(C2CCCN2C(=O)NC(C)C)c2c1CCOC2. The van der Waals surface area contributed by atoms with Crippen LogP contribution in [0.3, 0.4) is 0 Å². The third-order valence-electron chi connectivity index (χ3n) is 4.68. The number of ether oxygens (including phenoxy) is 2. The number of nitrogens with one attached hydrogen (secondary N) is 1. The van der Waals surface area contributed by atoms with E-state index in [9.17, 15) is 4.79 Å². The molecule has 1 saturated heterocycles. The Morgan fingerprint density at radius 2 is 2.33 bits per heavy atom. The van der Waals surface area contributed by atoms with Crippen molar-refractivity contribution in [1.29, 1.82) is 0 Å². The molecule has 2 aliphatic heterocycles. The Balaban J connectivity index is 1.87. The molecule has 0 radical (unpaired) electrons. The van der Waals surface area contributed by atoms with Gasteiger partial charge in [-0.1, -0.05) is 0 Å². The van der Waals surface area contributed by atoms with Crippen molar-refractivity contribution in [3.63, 3.8) is 0 Å². The van der Waals surface area contributed by atoms with Crippen LogP contribution in [0.2, 0.25) is 0 Å². The highest BCUT2D eigenvalue weighted by atomic mass is 16.5. The average Bonchev–Trinajstić information content (AvgIpc) is 3.17. The second kappa shape index (κ2) is 7.53. The Labute approximate surface area is 143 Å². The van der Waals surface area contributed by atoms with Crippen molar-refractivity contribution in [2.75, 3.05) is 26.9 Å². The van der Waals surface area contributed by atoms with Gasteiger partial charge in [-0.2, -0.15) is 5.10 Å². The lowest BCUT2D eigenvalue weighted by Gasteiger charge is -2.26. The normalized spacial score (nSPS) is 20.5. The molecule has 1 N–H and O–H groups in total. The minimum absolute atomic E-state index is 0.00409. The molecule has 0 bridgehead atoms. The van der Waals surface area contributed by atoms with Gasteiger partial charge in [-0.15, -0.1) is 0 Å². The maximum atomic E-state index is 12.5. The van der Waals surface area contributed by atoms with Gasteiger partial charge in [0.15, 0.2) is 0 Å². The van der Waals surface area contributed by atoms with Crippen molar-refractivity contribution < 1.29 is 14.3 Å². The van der Waals surface area contributed by atoms with E-state index in [1.165, 1.54) is 11.3 Å². The predicted molar refractivity (Wildman–Crippen MR) is 89.8 cm³/mol. The van der Waals surface area contributed by atoms with Gasteiger partial charge in [-0.25, -0.2) is 4.79 Å². The number of aromatic nitrogens is 2. The molecule has 2 aliphatic rings. The number of rotatable bonds is 5. The molecule has 7 heteroatoms. The molecule has 0 spiro atoms. The van der Waals surface area contributed by atoms with E-state index in [-0.39, 0.29) is 18.1 Å². The molecule has 0 aromatic carbocycles. The fourth-order valence-electron chi connectivity index (χ4n) is 3.59. The van der Waals surface area contributed by atoms with E-state index in [1.807, 2.05) is 23.4 Å². The Hall–Kier alpha value is -1.60. The second-order valence-corrected chi connectivity index (χ2v) is 6.78. The summed E-state index contributed by atoms with van der Waals surface area (Å²) < 4.78 is 12.9. The predicted octanol–water partition coefficient (Wildman–Crippen LogP) is 1.86. The first-order valence-corrected chi connectivity index (χ1v) is 8.84. The third-order valence-corrected chi connectivity index (χ3v) is 4.68.